The molecule has 0 fully saturated rings. The van der Waals surface area contributed by atoms with Crippen LogP contribution >= 0.6 is 11.6 Å². The number of nitrogens with one attached hydrogen (secondary N) is 1. The summed E-state index contributed by atoms with van der Waals surface area (Å²) in [6.45, 7) is 1.47. The number of hydrogen-bond donors (Lipinski definition) is 3. The van der Waals surface area contributed by atoms with Crippen molar-refractivity contribution >= 4 is 11.6 Å². The highest BCUT2D eigenvalue weighted by atomic mass is 35.5. The van der Waals surface area contributed by atoms with E-state index in [-0.39, 0.29) is 19.3 Å². The summed E-state index contributed by atoms with van der Waals surface area (Å²) in [7, 11) is 0. The molecule has 0 unspecified atom stereocenters. The summed E-state index contributed by atoms with van der Waals surface area (Å²) in [6, 6.07) is 5.84. The maximum Gasteiger partial charge on any atom is 0.182 e. The Bertz CT molecular complexity index is 1200. The van der Waals surface area contributed by atoms with Crippen LogP contribution in [0.15, 0.2) is 28.9 Å². The Kier molecular flexibility index (Phi) is 4.76. The summed E-state index contributed by atoms with van der Waals surface area (Å²) in [6.07, 6.45) is 4.15. The van der Waals surface area contributed by atoms with Gasteiger partial charge in [0.05, 0.1) is 18.9 Å². The summed E-state index contributed by atoms with van der Waals surface area (Å²) < 4.78 is 12.2. The van der Waals surface area contributed by atoms with Crippen LogP contribution in [0.3, 0.4) is 0 Å². The van der Waals surface area contributed by atoms with Gasteiger partial charge in [-0.15, -0.1) is 0 Å². The molecule has 8 heteroatoms. The predicted octanol–water partition coefficient (Wildman–Crippen LogP) is 2.78. The molecule has 0 spiro atoms. The van der Waals surface area contributed by atoms with Crippen molar-refractivity contribution in [1.82, 2.24) is 15.5 Å². The van der Waals surface area contributed by atoms with Crippen molar-refractivity contribution in [3.63, 3.8) is 0 Å². The van der Waals surface area contributed by atoms with Crippen LogP contribution in [0.5, 0.6) is 5.75 Å². The van der Waals surface area contributed by atoms with Gasteiger partial charge in [-0.05, 0) is 35.7 Å². The molecule has 0 amide bonds. The van der Waals surface area contributed by atoms with E-state index in [1.165, 1.54) is 0 Å². The van der Waals surface area contributed by atoms with Crippen LogP contribution < -0.4 is 10.1 Å². The Morgan fingerprint density at radius 3 is 2.84 bits per heavy atom. The van der Waals surface area contributed by atoms with E-state index in [0.717, 1.165) is 70.2 Å². The fourth-order valence-corrected chi connectivity index (χ4v) is 5.53. The molecule has 32 heavy (non-hydrogen) atoms. The van der Waals surface area contributed by atoms with Crippen LogP contribution in [0.1, 0.15) is 39.9 Å². The SMILES string of the molecule is OCC1(CO)Cc2nccc(-c3cc(Cl)cc4c3O[C@@H](c3onc5c3CNCC5)C4)c2C1. The second-order valence-corrected chi connectivity index (χ2v) is 9.54. The number of nitrogens with zero attached hydrogens (tertiary/aromatic N) is 2. The van der Waals surface area contributed by atoms with Gasteiger partial charge in [0.2, 0.25) is 0 Å². The van der Waals surface area contributed by atoms with Gasteiger partial charge in [-0.1, -0.05) is 16.8 Å². The zero-order chi connectivity index (χ0) is 21.9. The minimum Gasteiger partial charge on any atom is -0.481 e. The minimum absolute atomic E-state index is 0.0871. The van der Waals surface area contributed by atoms with Crippen molar-refractivity contribution < 1.29 is 19.5 Å². The van der Waals surface area contributed by atoms with Crippen molar-refractivity contribution in [2.45, 2.75) is 38.3 Å². The third-order valence-corrected chi connectivity index (χ3v) is 7.25. The number of halogens is 1. The molecule has 2 aromatic heterocycles. The average molecular weight is 454 g/mol. The van der Waals surface area contributed by atoms with Gasteiger partial charge in [0.1, 0.15) is 5.75 Å². The largest absolute Gasteiger partial charge is 0.481 e. The molecule has 1 aliphatic carbocycles. The molecule has 0 radical (unpaired) electrons. The van der Waals surface area contributed by atoms with Crippen LogP contribution in [-0.4, -0.2) is 40.1 Å². The van der Waals surface area contributed by atoms with E-state index in [2.05, 4.69) is 15.5 Å². The zero-order valence-corrected chi connectivity index (χ0v) is 18.3. The molecule has 0 bridgehead atoms. The summed E-state index contributed by atoms with van der Waals surface area (Å²) in [5.41, 5.74) is 6.40. The Morgan fingerprint density at radius 2 is 2.00 bits per heavy atom. The molecule has 0 saturated heterocycles. The highest BCUT2D eigenvalue weighted by Crippen LogP contribution is 2.49. The van der Waals surface area contributed by atoms with Gasteiger partial charge < -0.3 is 24.8 Å². The minimum atomic E-state index is -0.581. The molecule has 6 rings (SSSR count). The number of aromatic nitrogens is 2. The normalized spacial score (nSPS) is 20.5. The van der Waals surface area contributed by atoms with Crippen LogP contribution in [0.25, 0.3) is 11.1 Å². The summed E-state index contributed by atoms with van der Waals surface area (Å²) in [4.78, 5) is 4.53. The molecule has 4 heterocycles. The molecule has 1 aromatic carbocycles. The smallest absolute Gasteiger partial charge is 0.182 e. The summed E-state index contributed by atoms with van der Waals surface area (Å²) >= 11 is 6.53. The van der Waals surface area contributed by atoms with Crippen LogP contribution in [0, 0.1) is 5.41 Å². The third-order valence-electron chi connectivity index (χ3n) is 7.03. The van der Waals surface area contributed by atoms with E-state index in [1.54, 1.807) is 6.20 Å². The zero-order valence-electron chi connectivity index (χ0n) is 17.5. The lowest BCUT2D eigenvalue weighted by Gasteiger charge is -2.23. The van der Waals surface area contributed by atoms with Crippen LogP contribution in [0.2, 0.25) is 5.02 Å². The average Bonchev–Trinajstić information content (AvgIpc) is 3.52. The van der Waals surface area contributed by atoms with Crippen molar-refractivity contribution in [3.05, 3.63) is 63.3 Å². The van der Waals surface area contributed by atoms with E-state index >= 15 is 0 Å². The molecule has 0 saturated carbocycles. The first-order chi connectivity index (χ1) is 15.6. The maximum atomic E-state index is 9.93. The van der Waals surface area contributed by atoms with E-state index in [1.807, 2.05) is 18.2 Å². The Labute approximate surface area is 190 Å². The number of ether oxygens (including phenoxy) is 1. The number of aliphatic hydroxyl groups is 2. The third kappa shape index (κ3) is 3.07. The van der Waals surface area contributed by atoms with Gasteiger partial charge >= 0.3 is 0 Å². The highest BCUT2D eigenvalue weighted by molar-refractivity contribution is 6.31. The van der Waals surface area contributed by atoms with Gasteiger partial charge in [0.25, 0.3) is 0 Å². The molecule has 7 nitrogen and oxygen atoms in total. The molecular formula is C24H24ClN3O4. The molecule has 1 atom stereocenters. The first-order valence-electron chi connectivity index (χ1n) is 11.0. The van der Waals surface area contributed by atoms with E-state index in [4.69, 9.17) is 20.9 Å². The predicted molar refractivity (Wildman–Crippen MR) is 118 cm³/mol. The molecule has 166 valence electrons. The van der Waals surface area contributed by atoms with Gasteiger partial charge in [-0.25, -0.2) is 0 Å². The number of fused-ring (bicyclic) bond motifs is 3. The van der Waals surface area contributed by atoms with Gasteiger partial charge in [0, 0.05) is 71.4 Å². The Hall–Kier alpha value is -2.45. The molecular weight excluding hydrogens is 430 g/mol. The Balaban J connectivity index is 1.41. The lowest BCUT2D eigenvalue weighted by Crippen LogP contribution is -2.30. The van der Waals surface area contributed by atoms with Gasteiger partial charge in [-0.2, -0.15) is 0 Å². The highest BCUT2D eigenvalue weighted by Gasteiger charge is 2.40. The fourth-order valence-electron chi connectivity index (χ4n) is 5.29. The first-order valence-corrected chi connectivity index (χ1v) is 11.3. The topological polar surface area (TPSA) is 101 Å². The van der Waals surface area contributed by atoms with Crippen LogP contribution in [0.4, 0.5) is 0 Å². The fraction of sp³-hybridized carbons (Fsp3) is 0.417. The van der Waals surface area contributed by atoms with E-state index in [0.29, 0.717) is 24.3 Å². The number of rotatable bonds is 4. The van der Waals surface area contributed by atoms with E-state index < -0.39 is 5.41 Å². The Morgan fingerprint density at radius 1 is 1.12 bits per heavy atom. The quantitative estimate of drug-likeness (QED) is 0.558. The molecule has 3 aliphatic rings. The first kappa shape index (κ1) is 20.2. The van der Waals surface area contributed by atoms with Gasteiger partial charge in [0.15, 0.2) is 11.9 Å². The van der Waals surface area contributed by atoms with Crippen LogP contribution in [-0.2, 0) is 32.2 Å². The molecule has 3 N–H and O–H groups in total. The van der Waals surface area contributed by atoms with Gasteiger partial charge in [-0.3, -0.25) is 4.98 Å². The van der Waals surface area contributed by atoms with E-state index in [9.17, 15) is 10.2 Å². The number of hydrogen-bond acceptors (Lipinski definition) is 7. The van der Waals surface area contributed by atoms with Crippen molar-refractivity contribution in [2.75, 3.05) is 19.8 Å². The second-order valence-electron chi connectivity index (χ2n) is 9.10. The number of pyridine rings is 1. The monoisotopic (exact) mass is 453 g/mol. The lowest BCUT2D eigenvalue weighted by molar-refractivity contribution is 0.0630. The lowest BCUT2D eigenvalue weighted by atomic mass is 9.86. The molecule has 3 aromatic rings. The standard InChI is InChI=1S/C24H24ClN3O4/c25-14-5-13-6-21(23-18-10-26-3-2-19(18)28-32-23)31-22(13)16(7-14)15-1-4-27-20-9-24(11-29,12-30)8-17(15)20/h1,4-5,7,21,26,29-30H,2-3,6,8-12H2/t21-/m1/s1. The maximum absolute atomic E-state index is 9.93. The van der Waals surface area contributed by atoms with Crippen molar-refractivity contribution in [3.8, 4) is 16.9 Å². The summed E-state index contributed by atoms with van der Waals surface area (Å²) in [5, 5.41) is 28.2. The second kappa shape index (κ2) is 7.56. The number of benzene rings is 1. The summed E-state index contributed by atoms with van der Waals surface area (Å²) in [5.74, 6) is 1.58. The van der Waals surface area contributed by atoms with Crippen molar-refractivity contribution in [1.29, 1.82) is 0 Å². The molecule has 2 aliphatic heterocycles. The number of aliphatic hydroxyl groups excluding tert-OH is 2. The van der Waals surface area contributed by atoms with Crippen molar-refractivity contribution in [2.24, 2.45) is 5.41 Å².